The van der Waals surface area contributed by atoms with Crippen LogP contribution in [-0.2, 0) is 4.79 Å². The minimum Gasteiger partial charge on any atom is -0.481 e. The monoisotopic (exact) mass is 273 g/mol. The maximum atomic E-state index is 12.3. The molecule has 0 bridgehead atoms. The molecular formula is C12H13F2NO2S. The van der Waals surface area contributed by atoms with Crippen molar-refractivity contribution in [2.24, 2.45) is 5.92 Å². The van der Waals surface area contributed by atoms with Gasteiger partial charge in [-0.25, -0.2) is 0 Å². The summed E-state index contributed by atoms with van der Waals surface area (Å²) in [4.78, 5) is 11.4. The van der Waals surface area contributed by atoms with Crippen molar-refractivity contribution in [2.45, 2.75) is 23.1 Å². The third-order valence-electron chi connectivity index (χ3n) is 2.97. The molecule has 0 aliphatic carbocycles. The summed E-state index contributed by atoms with van der Waals surface area (Å²) in [5.41, 5.74) is 0.865. The van der Waals surface area contributed by atoms with Gasteiger partial charge < -0.3 is 10.4 Å². The van der Waals surface area contributed by atoms with Gasteiger partial charge in [0.1, 0.15) is 0 Å². The first-order valence-corrected chi connectivity index (χ1v) is 6.45. The smallest absolute Gasteiger partial charge is 0.307 e. The second kappa shape index (κ2) is 5.67. The van der Waals surface area contributed by atoms with Gasteiger partial charge in [0.15, 0.2) is 0 Å². The Balaban J connectivity index is 2.07. The summed E-state index contributed by atoms with van der Waals surface area (Å²) in [7, 11) is 0. The summed E-state index contributed by atoms with van der Waals surface area (Å²) in [6.07, 6.45) is 0.498. The van der Waals surface area contributed by atoms with E-state index in [1.807, 2.05) is 6.07 Å². The number of aliphatic carboxylic acids is 1. The first kappa shape index (κ1) is 13.3. The highest BCUT2D eigenvalue weighted by Gasteiger charge is 2.30. The summed E-state index contributed by atoms with van der Waals surface area (Å²) >= 11 is 0.501. The van der Waals surface area contributed by atoms with Crippen LogP contribution in [0.1, 0.15) is 18.0 Å². The highest BCUT2D eigenvalue weighted by atomic mass is 32.2. The lowest BCUT2D eigenvalue weighted by atomic mass is 10.0. The van der Waals surface area contributed by atoms with Crippen molar-refractivity contribution in [3.05, 3.63) is 29.8 Å². The number of hydrogen-bond donors (Lipinski definition) is 2. The molecule has 1 aromatic carbocycles. The van der Waals surface area contributed by atoms with Crippen LogP contribution >= 0.6 is 11.8 Å². The van der Waals surface area contributed by atoms with Crippen molar-refractivity contribution >= 4 is 17.7 Å². The first-order valence-electron chi connectivity index (χ1n) is 5.57. The molecular weight excluding hydrogens is 260 g/mol. The Bertz CT molecular complexity index is 442. The van der Waals surface area contributed by atoms with Crippen LogP contribution in [0.4, 0.5) is 8.78 Å². The molecule has 0 aromatic heterocycles. The predicted molar refractivity (Wildman–Crippen MR) is 64.8 cm³/mol. The molecule has 0 radical (unpaired) electrons. The van der Waals surface area contributed by atoms with Crippen molar-refractivity contribution in [1.82, 2.24) is 5.32 Å². The van der Waals surface area contributed by atoms with E-state index in [2.05, 4.69) is 5.32 Å². The van der Waals surface area contributed by atoms with Crippen LogP contribution < -0.4 is 5.32 Å². The third kappa shape index (κ3) is 3.20. The fourth-order valence-corrected chi connectivity index (χ4v) is 2.65. The lowest BCUT2D eigenvalue weighted by Gasteiger charge is -2.11. The van der Waals surface area contributed by atoms with Crippen LogP contribution in [0.25, 0.3) is 0 Å². The second-order valence-electron chi connectivity index (χ2n) is 4.18. The molecule has 1 saturated heterocycles. The van der Waals surface area contributed by atoms with Crippen LogP contribution in [0.15, 0.2) is 29.2 Å². The zero-order valence-electron chi connectivity index (χ0n) is 9.48. The summed E-state index contributed by atoms with van der Waals surface area (Å²) in [6.45, 7) is 0.423. The number of halogens is 2. The number of carbonyl (C=O) groups is 1. The van der Waals surface area contributed by atoms with E-state index in [9.17, 15) is 13.6 Å². The maximum absolute atomic E-state index is 12.3. The first-order chi connectivity index (χ1) is 8.56. The Morgan fingerprint density at radius 2 is 2.28 bits per heavy atom. The SMILES string of the molecule is O=C(O)C1CNC(c2cccc(SC(F)F)c2)C1. The molecule has 2 unspecified atom stereocenters. The van der Waals surface area contributed by atoms with E-state index in [4.69, 9.17) is 5.11 Å². The molecule has 0 amide bonds. The molecule has 1 fully saturated rings. The topological polar surface area (TPSA) is 49.3 Å². The molecule has 2 atom stereocenters. The van der Waals surface area contributed by atoms with Gasteiger partial charge in [-0.15, -0.1) is 0 Å². The Kier molecular flexibility index (Phi) is 4.19. The van der Waals surface area contributed by atoms with E-state index >= 15 is 0 Å². The molecule has 18 heavy (non-hydrogen) atoms. The lowest BCUT2D eigenvalue weighted by molar-refractivity contribution is -0.141. The van der Waals surface area contributed by atoms with E-state index in [-0.39, 0.29) is 6.04 Å². The molecule has 6 heteroatoms. The Labute approximate surface area is 108 Å². The lowest BCUT2D eigenvalue weighted by Crippen LogP contribution is -2.17. The Hall–Kier alpha value is -1.14. The van der Waals surface area contributed by atoms with Crippen molar-refractivity contribution in [3.63, 3.8) is 0 Å². The van der Waals surface area contributed by atoms with Crippen LogP contribution in [0, 0.1) is 5.92 Å². The number of carboxylic acids is 1. The van der Waals surface area contributed by atoms with E-state index in [0.717, 1.165) is 5.56 Å². The Morgan fingerprint density at radius 3 is 2.89 bits per heavy atom. The molecule has 1 heterocycles. The van der Waals surface area contributed by atoms with Gasteiger partial charge in [-0.3, -0.25) is 4.79 Å². The van der Waals surface area contributed by atoms with Crippen molar-refractivity contribution < 1.29 is 18.7 Å². The molecule has 2 N–H and O–H groups in total. The van der Waals surface area contributed by atoms with Crippen molar-refractivity contribution in [2.75, 3.05) is 6.54 Å². The second-order valence-corrected chi connectivity index (χ2v) is 5.25. The Morgan fingerprint density at radius 1 is 1.50 bits per heavy atom. The van der Waals surface area contributed by atoms with Gasteiger partial charge in [0.2, 0.25) is 0 Å². The van der Waals surface area contributed by atoms with Gasteiger partial charge in [-0.1, -0.05) is 23.9 Å². The highest BCUT2D eigenvalue weighted by molar-refractivity contribution is 7.99. The predicted octanol–water partition coefficient (Wildman–Crippen LogP) is 2.74. The van der Waals surface area contributed by atoms with Gasteiger partial charge in [0, 0.05) is 17.5 Å². The largest absolute Gasteiger partial charge is 0.481 e. The minimum atomic E-state index is -2.44. The number of benzene rings is 1. The van der Waals surface area contributed by atoms with Gasteiger partial charge in [0.05, 0.1) is 5.92 Å². The van der Waals surface area contributed by atoms with E-state index < -0.39 is 17.6 Å². The van der Waals surface area contributed by atoms with Gasteiger partial charge in [-0.05, 0) is 24.1 Å². The van der Waals surface area contributed by atoms with Crippen LogP contribution in [0.5, 0.6) is 0 Å². The summed E-state index contributed by atoms with van der Waals surface area (Å²) in [5, 5.41) is 12.0. The van der Waals surface area contributed by atoms with Crippen molar-refractivity contribution in [1.29, 1.82) is 0 Å². The number of thioether (sulfide) groups is 1. The molecule has 0 saturated carbocycles. The quantitative estimate of drug-likeness (QED) is 0.828. The normalized spacial score (nSPS) is 23.5. The highest BCUT2D eigenvalue weighted by Crippen LogP contribution is 2.31. The van der Waals surface area contributed by atoms with Gasteiger partial charge >= 0.3 is 5.97 Å². The molecule has 0 spiro atoms. The number of alkyl halides is 2. The molecule has 1 aromatic rings. The number of nitrogens with one attached hydrogen (secondary N) is 1. The van der Waals surface area contributed by atoms with E-state index in [1.165, 1.54) is 0 Å². The fourth-order valence-electron chi connectivity index (χ4n) is 2.09. The molecule has 3 nitrogen and oxygen atoms in total. The zero-order chi connectivity index (χ0) is 13.1. The van der Waals surface area contributed by atoms with Crippen LogP contribution in [0.2, 0.25) is 0 Å². The molecule has 98 valence electrons. The van der Waals surface area contributed by atoms with Crippen molar-refractivity contribution in [3.8, 4) is 0 Å². The van der Waals surface area contributed by atoms with E-state index in [1.54, 1.807) is 18.2 Å². The number of hydrogen-bond acceptors (Lipinski definition) is 3. The summed E-state index contributed by atoms with van der Waals surface area (Å²) in [6, 6.07) is 6.81. The number of carboxylic acid groups (broad SMARTS) is 1. The maximum Gasteiger partial charge on any atom is 0.307 e. The van der Waals surface area contributed by atoms with E-state index in [0.29, 0.717) is 29.6 Å². The standard InChI is InChI=1S/C12H13F2NO2S/c13-12(14)18-9-3-1-2-7(4-9)10-5-8(6-15-10)11(16)17/h1-4,8,10,12,15H,5-6H2,(H,16,17). The zero-order valence-corrected chi connectivity index (χ0v) is 10.3. The average Bonchev–Trinajstić information content (AvgIpc) is 2.77. The van der Waals surface area contributed by atoms with Gasteiger partial charge in [-0.2, -0.15) is 8.78 Å². The van der Waals surface area contributed by atoms with Crippen LogP contribution in [0.3, 0.4) is 0 Å². The summed E-state index contributed by atoms with van der Waals surface area (Å²) in [5.74, 6) is -3.66. The fraction of sp³-hybridized carbons (Fsp3) is 0.417. The van der Waals surface area contributed by atoms with Gasteiger partial charge in [0.25, 0.3) is 5.76 Å². The molecule has 1 aliphatic heterocycles. The third-order valence-corrected chi connectivity index (χ3v) is 3.67. The number of rotatable bonds is 4. The molecule has 1 aliphatic rings. The average molecular weight is 273 g/mol. The summed E-state index contributed by atoms with van der Waals surface area (Å²) < 4.78 is 24.5. The minimum absolute atomic E-state index is 0.0654. The van der Waals surface area contributed by atoms with Crippen LogP contribution in [-0.4, -0.2) is 23.4 Å². The molecule has 2 rings (SSSR count).